The first-order chi connectivity index (χ1) is 8.21. The van der Waals surface area contributed by atoms with Gasteiger partial charge in [0.05, 0.1) is 10.4 Å². The first-order valence-electron chi connectivity index (χ1n) is 6.21. The average molecular weight is 276 g/mol. The fourth-order valence-electron chi connectivity index (χ4n) is 1.96. The van der Waals surface area contributed by atoms with Crippen LogP contribution < -0.4 is 5.32 Å². The minimum Gasteiger partial charge on any atom is -0.380 e. The average Bonchev–Trinajstić information content (AvgIpc) is 2.73. The molecule has 4 heteroatoms. The normalized spacial score (nSPS) is 14.8. The number of thiophene rings is 1. The van der Waals surface area contributed by atoms with Gasteiger partial charge in [-0.15, -0.1) is 11.3 Å². The zero-order valence-corrected chi connectivity index (χ0v) is 12.4. The van der Waals surface area contributed by atoms with Crippen LogP contribution in [-0.2, 0) is 11.2 Å². The molecule has 0 aromatic carbocycles. The highest BCUT2D eigenvalue weighted by Crippen LogP contribution is 2.23. The van der Waals surface area contributed by atoms with Crippen molar-refractivity contribution in [2.45, 2.75) is 45.3 Å². The molecule has 0 saturated heterocycles. The summed E-state index contributed by atoms with van der Waals surface area (Å²) in [6, 6.07) is 4.45. The van der Waals surface area contributed by atoms with E-state index in [0.29, 0.717) is 6.04 Å². The Kier molecular flexibility index (Phi) is 7.12. The molecule has 1 rings (SSSR count). The summed E-state index contributed by atoms with van der Waals surface area (Å²) in [6.07, 6.45) is 3.42. The maximum absolute atomic E-state index is 5.96. The van der Waals surface area contributed by atoms with Crippen LogP contribution in [0.5, 0.6) is 0 Å². The first kappa shape index (κ1) is 15.0. The van der Waals surface area contributed by atoms with E-state index in [2.05, 4.69) is 25.2 Å². The highest BCUT2D eigenvalue weighted by atomic mass is 35.5. The molecule has 1 N–H and O–H groups in total. The minimum absolute atomic E-state index is 0.266. The third kappa shape index (κ3) is 4.96. The van der Waals surface area contributed by atoms with Gasteiger partial charge in [0.25, 0.3) is 0 Å². The maximum Gasteiger partial charge on any atom is 0.0931 e. The Morgan fingerprint density at radius 1 is 1.41 bits per heavy atom. The van der Waals surface area contributed by atoms with E-state index < -0.39 is 0 Å². The lowest BCUT2D eigenvalue weighted by atomic mass is 10.0. The van der Waals surface area contributed by atoms with Crippen molar-refractivity contribution < 1.29 is 4.74 Å². The summed E-state index contributed by atoms with van der Waals surface area (Å²) in [4.78, 5) is 1.32. The number of halogens is 1. The summed E-state index contributed by atoms with van der Waals surface area (Å²) in [5.41, 5.74) is 0. The molecule has 0 aliphatic carbocycles. The molecule has 0 radical (unpaired) electrons. The van der Waals surface area contributed by atoms with Crippen molar-refractivity contribution in [3.05, 3.63) is 21.3 Å². The van der Waals surface area contributed by atoms with Crippen LogP contribution in [0.4, 0.5) is 0 Å². The number of hydrogen-bond acceptors (Lipinski definition) is 3. The van der Waals surface area contributed by atoms with Gasteiger partial charge in [-0.25, -0.2) is 0 Å². The molecule has 17 heavy (non-hydrogen) atoms. The second kappa shape index (κ2) is 8.09. The number of ether oxygens (including phenoxy) is 1. The third-order valence-electron chi connectivity index (χ3n) is 2.86. The summed E-state index contributed by atoms with van der Waals surface area (Å²) in [5, 5.41) is 3.57. The molecule has 0 spiro atoms. The highest BCUT2D eigenvalue weighted by Gasteiger charge is 2.19. The topological polar surface area (TPSA) is 21.3 Å². The number of methoxy groups -OCH3 is 1. The summed E-state index contributed by atoms with van der Waals surface area (Å²) < 4.78 is 6.41. The molecule has 2 atom stereocenters. The van der Waals surface area contributed by atoms with Gasteiger partial charge in [-0.1, -0.05) is 25.4 Å². The van der Waals surface area contributed by atoms with Gasteiger partial charge in [0.1, 0.15) is 0 Å². The van der Waals surface area contributed by atoms with E-state index >= 15 is 0 Å². The molecule has 1 aromatic heterocycles. The van der Waals surface area contributed by atoms with Crippen LogP contribution in [0.25, 0.3) is 0 Å². The van der Waals surface area contributed by atoms with Crippen molar-refractivity contribution in [2.75, 3.05) is 13.7 Å². The van der Waals surface area contributed by atoms with Crippen LogP contribution in [0.3, 0.4) is 0 Å². The van der Waals surface area contributed by atoms with Crippen molar-refractivity contribution in [3.8, 4) is 0 Å². The molecular weight excluding hydrogens is 254 g/mol. The molecule has 0 saturated carbocycles. The molecule has 0 bridgehead atoms. The fraction of sp³-hybridized carbons (Fsp3) is 0.692. The fourth-order valence-corrected chi connectivity index (χ4v) is 3.10. The number of nitrogens with one attached hydrogen (secondary N) is 1. The molecular formula is C13H22ClNOS. The van der Waals surface area contributed by atoms with Gasteiger partial charge in [0.15, 0.2) is 0 Å². The van der Waals surface area contributed by atoms with Crippen molar-refractivity contribution in [1.82, 2.24) is 5.32 Å². The van der Waals surface area contributed by atoms with Crippen LogP contribution in [0.1, 0.15) is 31.6 Å². The number of rotatable bonds is 8. The standard InChI is InChI=1S/C13H22ClNOS/c1-4-8-15-11(12(5-2)16-3)9-10-6-7-13(14)17-10/h6-7,11-12,15H,4-5,8-9H2,1-3H3. The summed E-state index contributed by atoms with van der Waals surface area (Å²) >= 11 is 7.62. The minimum atomic E-state index is 0.266. The van der Waals surface area contributed by atoms with Crippen LogP contribution in [0.15, 0.2) is 12.1 Å². The van der Waals surface area contributed by atoms with E-state index in [0.717, 1.165) is 30.1 Å². The monoisotopic (exact) mass is 275 g/mol. The predicted octanol–water partition coefficient (Wildman–Crippen LogP) is 3.74. The molecule has 2 nitrogen and oxygen atoms in total. The van der Waals surface area contributed by atoms with Gasteiger partial charge < -0.3 is 10.1 Å². The maximum atomic E-state index is 5.96. The molecule has 0 aliphatic rings. The van der Waals surface area contributed by atoms with E-state index in [1.807, 2.05) is 6.07 Å². The molecule has 98 valence electrons. The Morgan fingerprint density at radius 2 is 2.18 bits per heavy atom. The zero-order chi connectivity index (χ0) is 12.7. The van der Waals surface area contributed by atoms with E-state index in [1.165, 1.54) is 4.88 Å². The molecule has 1 aromatic rings. The number of hydrogen-bond donors (Lipinski definition) is 1. The third-order valence-corrected chi connectivity index (χ3v) is 4.11. The van der Waals surface area contributed by atoms with Crippen molar-refractivity contribution in [1.29, 1.82) is 0 Å². The molecule has 0 fully saturated rings. The highest BCUT2D eigenvalue weighted by molar-refractivity contribution is 7.16. The largest absolute Gasteiger partial charge is 0.380 e. The van der Waals surface area contributed by atoms with Crippen molar-refractivity contribution in [3.63, 3.8) is 0 Å². The zero-order valence-electron chi connectivity index (χ0n) is 10.8. The van der Waals surface area contributed by atoms with Gasteiger partial charge >= 0.3 is 0 Å². The Bertz CT molecular complexity index is 312. The molecule has 0 amide bonds. The second-order valence-corrected chi connectivity index (χ2v) is 5.95. The SMILES string of the molecule is CCCNC(Cc1ccc(Cl)s1)C(CC)OC. The van der Waals surface area contributed by atoms with Crippen LogP contribution >= 0.6 is 22.9 Å². The van der Waals surface area contributed by atoms with Gasteiger partial charge in [-0.2, -0.15) is 0 Å². The lowest BCUT2D eigenvalue weighted by molar-refractivity contribution is 0.0656. The molecule has 2 unspecified atom stereocenters. The Morgan fingerprint density at radius 3 is 2.65 bits per heavy atom. The van der Waals surface area contributed by atoms with Gasteiger partial charge in [-0.05, 0) is 37.9 Å². The van der Waals surface area contributed by atoms with Crippen molar-refractivity contribution >= 4 is 22.9 Å². The van der Waals surface area contributed by atoms with Crippen LogP contribution in [-0.4, -0.2) is 25.8 Å². The van der Waals surface area contributed by atoms with Crippen molar-refractivity contribution in [2.24, 2.45) is 0 Å². The van der Waals surface area contributed by atoms with E-state index in [1.54, 1.807) is 18.4 Å². The van der Waals surface area contributed by atoms with Crippen LogP contribution in [0.2, 0.25) is 4.34 Å². The summed E-state index contributed by atoms with van der Waals surface area (Å²) in [5.74, 6) is 0. The predicted molar refractivity (Wildman–Crippen MR) is 76.2 cm³/mol. The second-order valence-electron chi connectivity index (χ2n) is 4.15. The van der Waals surface area contributed by atoms with E-state index in [9.17, 15) is 0 Å². The molecule has 0 aliphatic heterocycles. The van der Waals surface area contributed by atoms with E-state index in [4.69, 9.17) is 16.3 Å². The Balaban J connectivity index is 2.61. The van der Waals surface area contributed by atoms with Crippen LogP contribution in [0, 0.1) is 0 Å². The summed E-state index contributed by atoms with van der Waals surface area (Å²) in [7, 11) is 1.79. The van der Waals surface area contributed by atoms with Gasteiger partial charge in [-0.3, -0.25) is 0 Å². The first-order valence-corrected chi connectivity index (χ1v) is 7.41. The Labute approximate surface area is 113 Å². The summed E-state index contributed by atoms with van der Waals surface area (Å²) in [6.45, 7) is 5.37. The smallest absolute Gasteiger partial charge is 0.0931 e. The lowest BCUT2D eigenvalue weighted by Gasteiger charge is -2.25. The van der Waals surface area contributed by atoms with E-state index in [-0.39, 0.29) is 6.10 Å². The van der Waals surface area contributed by atoms with Gasteiger partial charge in [0.2, 0.25) is 0 Å². The molecule has 1 heterocycles. The Hall–Kier alpha value is -0.0900. The lowest BCUT2D eigenvalue weighted by Crippen LogP contribution is -2.42. The van der Waals surface area contributed by atoms with Gasteiger partial charge in [0, 0.05) is 18.0 Å². The quantitative estimate of drug-likeness (QED) is 0.780.